The maximum absolute atomic E-state index is 5.76. The third kappa shape index (κ3) is 5.68. The standard InChI is InChI=1S/C15H35N3/c1-6-8-9-10-11-12-13-14(17-16)15(3,7-2)18(4)5/h14,17H,6-13,16H2,1-5H3. The number of hydrogen-bond acceptors (Lipinski definition) is 3. The fourth-order valence-electron chi connectivity index (χ4n) is 2.58. The summed E-state index contributed by atoms with van der Waals surface area (Å²) in [6.07, 6.45) is 10.4. The second kappa shape index (κ2) is 9.76. The van der Waals surface area contributed by atoms with Crippen LogP contribution in [-0.4, -0.2) is 30.6 Å². The van der Waals surface area contributed by atoms with Gasteiger partial charge in [0.2, 0.25) is 0 Å². The second-order valence-corrected chi connectivity index (χ2v) is 5.88. The normalized spacial score (nSPS) is 16.8. The summed E-state index contributed by atoms with van der Waals surface area (Å²) in [6.45, 7) is 6.80. The summed E-state index contributed by atoms with van der Waals surface area (Å²) in [4.78, 5) is 2.30. The van der Waals surface area contributed by atoms with Crippen LogP contribution in [0.2, 0.25) is 0 Å². The molecular weight excluding hydrogens is 222 g/mol. The molecule has 0 spiro atoms. The molecule has 0 fully saturated rings. The maximum atomic E-state index is 5.76. The largest absolute Gasteiger partial charge is 0.302 e. The molecule has 0 aliphatic heterocycles. The van der Waals surface area contributed by atoms with Gasteiger partial charge in [0, 0.05) is 11.6 Å². The van der Waals surface area contributed by atoms with Crippen LogP contribution in [0.25, 0.3) is 0 Å². The van der Waals surface area contributed by atoms with Crippen molar-refractivity contribution in [2.24, 2.45) is 5.84 Å². The molecule has 3 nitrogen and oxygen atoms in total. The molecule has 0 rings (SSSR count). The molecule has 0 saturated heterocycles. The zero-order valence-corrected chi connectivity index (χ0v) is 13.3. The number of nitrogens with two attached hydrogens (primary N) is 1. The molecule has 0 amide bonds. The van der Waals surface area contributed by atoms with Gasteiger partial charge in [0.1, 0.15) is 0 Å². The van der Waals surface area contributed by atoms with Crippen molar-refractivity contribution in [1.82, 2.24) is 10.3 Å². The molecular formula is C15H35N3. The SMILES string of the molecule is CCCCCCCCC(NN)C(C)(CC)N(C)C. The van der Waals surface area contributed by atoms with E-state index in [9.17, 15) is 0 Å². The van der Waals surface area contributed by atoms with Crippen LogP contribution < -0.4 is 11.3 Å². The number of hydrazine groups is 1. The Labute approximate surface area is 114 Å². The summed E-state index contributed by atoms with van der Waals surface area (Å²) < 4.78 is 0. The predicted molar refractivity (Wildman–Crippen MR) is 81.5 cm³/mol. The van der Waals surface area contributed by atoms with Crippen molar-refractivity contribution in [3.8, 4) is 0 Å². The van der Waals surface area contributed by atoms with E-state index in [1.165, 1.54) is 44.9 Å². The lowest BCUT2D eigenvalue weighted by Gasteiger charge is -2.42. The fourth-order valence-corrected chi connectivity index (χ4v) is 2.58. The topological polar surface area (TPSA) is 41.3 Å². The summed E-state index contributed by atoms with van der Waals surface area (Å²) in [5.41, 5.74) is 3.19. The van der Waals surface area contributed by atoms with Crippen LogP contribution in [-0.2, 0) is 0 Å². The van der Waals surface area contributed by atoms with E-state index in [0.29, 0.717) is 6.04 Å². The lowest BCUT2D eigenvalue weighted by atomic mass is 9.85. The lowest BCUT2D eigenvalue weighted by molar-refractivity contribution is 0.106. The molecule has 0 aromatic rings. The molecule has 0 bridgehead atoms. The summed E-state index contributed by atoms with van der Waals surface area (Å²) >= 11 is 0. The van der Waals surface area contributed by atoms with Gasteiger partial charge in [-0.3, -0.25) is 11.3 Å². The quantitative estimate of drug-likeness (QED) is 0.339. The highest BCUT2D eigenvalue weighted by molar-refractivity contribution is 4.92. The molecule has 0 aliphatic carbocycles. The summed E-state index contributed by atoms with van der Waals surface area (Å²) in [7, 11) is 4.30. The highest BCUT2D eigenvalue weighted by Crippen LogP contribution is 2.24. The number of nitrogens with one attached hydrogen (secondary N) is 1. The minimum absolute atomic E-state index is 0.151. The van der Waals surface area contributed by atoms with E-state index in [4.69, 9.17) is 5.84 Å². The molecule has 3 N–H and O–H groups in total. The van der Waals surface area contributed by atoms with Crippen molar-refractivity contribution in [2.45, 2.75) is 83.7 Å². The zero-order chi connectivity index (χ0) is 14.0. The van der Waals surface area contributed by atoms with Gasteiger partial charge in [0.15, 0.2) is 0 Å². The fraction of sp³-hybridized carbons (Fsp3) is 1.00. The number of likely N-dealkylation sites (N-methyl/N-ethyl adjacent to an activating group) is 1. The van der Waals surface area contributed by atoms with E-state index in [1.807, 2.05) is 0 Å². The summed E-state index contributed by atoms with van der Waals surface area (Å²) in [6, 6.07) is 0.378. The van der Waals surface area contributed by atoms with Crippen LogP contribution in [0.15, 0.2) is 0 Å². The van der Waals surface area contributed by atoms with E-state index >= 15 is 0 Å². The third-order valence-electron chi connectivity index (χ3n) is 4.54. The molecule has 0 aliphatic rings. The van der Waals surface area contributed by atoms with Gasteiger partial charge in [-0.05, 0) is 33.9 Å². The van der Waals surface area contributed by atoms with Gasteiger partial charge in [-0.15, -0.1) is 0 Å². The van der Waals surface area contributed by atoms with Crippen LogP contribution in [0.1, 0.15) is 72.1 Å². The van der Waals surface area contributed by atoms with Crippen LogP contribution in [0.4, 0.5) is 0 Å². The van der Waals surface area contributed by atoms with Crippen LogP contribution >= 0.6 is 0 Å². The molecule has 3 heteroatoms. The molecule has 0 aromatic heterocycles. The van der Waals surface area contributed by atoms with Crippen molar-refractivity contribution in [1.29, 1.82) is 0 Å². The van der Waals surface area contributed by atoms with E-state index in [2.05, 4.69) is 45.2 Å². The summed E-state index contributed by atoms with van der Waals surface area (Å²) in [5.74, 6) is 5.76. The smallest absolute Gasteiger partial charge is 0.0391 e. The van der Waals surface area contributed by atoms with Gasteiger partial charge in [-0.25, -0.2) is 0 Å². The first kappa shape index (κ1) is 17.9. The Morgan fingerprint density at radius 1 is 1.06 bits per heavy atom. The Morgan fingerprint density at radius 2 is 1.61 bits per heavy atom. The highest BCUT2D eigenvalue weighted by Gasteiger charge is 2.33. The van der Waals surface area contributed by atoms with Crippen molar-refractivity contribution in [3.63, 3.8) is 0 Å². The minimum Gasteiger partial charge on any atom is -0.302 e. The van der Waals surface area contributed by atoms with Gasteiger partial charge in [-0.2, -0.15) is 0 Å². The van der Waals surface area contributed by atoms with Gasteiger partial charge >= 0.3 is 0 Å². The number of hydrogen-bond donors (Lipinski definition) is 2. The number of nitrogens with zero attached hydrogens (tertiary/aromatic N) is 1. The first-order valence-corrected chi connectivity index (χ1v) is 7.66. The Kier molecular flexibility index (Phi) is 9.70. The van der Waals surface area contributed by atoms with Gasteiger partial charge < -0.3 is 4.90 Å². The van der Waals surface area contributed by atoms with Crippen molar-refractivity contribution < 1.29 is 0 Å². The van der Waals surface area contributed by atoms with Crippen molar-refractivity contribution >= 4 is 0 Å². The monoisotopic (exact) mass is 257 g/mol. The zero-order valence-electron chi connectivity index (χ0n) is 13.3. The van der Waals surface area contributed by atoms with Crippen LogP contribution in [0, 0.1) is 0 Å². The van der Waals surface area contributed by atoms with Gasteiger partial charge in [0.05, 0.1) is 0 Å². The Morgan fingerprint density at radius 3 is 2.06 bits per heavy atom. The van der Waals surface area contributed by atoms with Crippen molar-refractivity contribution in [2.75, 3.05) is 14.1 Å². The van der Waals surface area contributed by atoms with E-state index in [-0.39, 0.29) is 5.54 Å². The first-order valence-electron chi connectivity index (χ1n) is 7.66. The average molecular weight is 257 g/mol. The molecule has 2 unspecified atom stereocenters. The molecule has 18 heavy (non-hydrogen) atoms. The lowest BCUT2D eigenvalue weighted by Crippen LogP contribution is -2.58. The van der Waals surface area contributed by atoms with Crippen LogP contribution in [0.3, 0.4) is 0 Å². The molecule has 0 aromatic carbocycles. The summed E-state index contributed by atoms with van der Waals surface area (Å²) in [5, 5.41) is 0. The number of rotatable bonds is 11. The molecule has 0 saturated carbocycles. The minimum atomic E-state index is 0.151. The Balaban J connectivity index is 4.02. The highest BCUT2D eigenvalue weighted by atomic mass is 15.3. The molecule has 0 radical (unpaired) electrons. The average Bonchev–Trinajstić information content (AvgIpc) is 2.37. The Bertz CT molecular complexity index is 194. The van der Waals surface area contributed by atoms with Gasteiger partial charge in [-0.1, -0.05) is 52.4 Å². The number of unbranched alkanes of at least 4 members (excludes halogenated alkanes) is 5. The Hall–Kier alpha value is -0.120. The second-order valence-electron chi connectivity index (χ2n) is 5.88. The van der Waals surface area contributed by atoms with E-state index < -0.39 is 0 Å². The third-order valence-corrected chi connectivity index (χ3v) is 4.54. The van der Waals surface area contributed by atoms with Crippen molar-refractivity contribution in [3.05, 3.63) is 0 Å². The van der Waals surface area contributed by atoms with E-state index in [0.717, 1.165) is 6.42 Å². The maximum Gasteiger partial charge on any atom is 0.0391 e. The molecule has 110 valence electrons. The van der Waals surface area contributed by atoms with Crippen LogP contribution in [0.5, 0.6) is 0 Å². The first-order chi connectivity index (χ1) is 8.52. The molecule has 0 heterocycles. The molecule has 2 atom stereocenters. The predicted octanol–water partition coefficient (Wildman–Crippen LogP) is 3.30. The van der Waals surface area contributed by atoms with E-state index in [1.54, 1.807) is 0 Å². The van der Waals surface area contributed by atoms with Gasteiger partial charge in [0.25, 0.3) is 0 Å².